The van der Waals surface area contributed by atoms with Crippen LogP contribution in [0.2, 0.25) is 0 Å². The standard InChI is InChI=1S/C9H16N2O/c1-3-7-11(8-4-2)9-5-6-10-12/h3-4,6,12H,1-2,5,7-9H2. The van der Waals surface area contributed by atoms with Gasteiger partial charge in [0.2, 0.25) is 0 Å². The maximum Gasteiger partial charge on any atom is 0.0448 e. The van der Waals surface area contributed by atoms with Crippen LogP contribution in [0.1, 0.15) is 6.42 Å². The first-order valence-electron chi connectivity index (χ1n) is 3.95. The van der Waals surface area contributed by atoms with Crippen molar-refractivity contribution in [2.45, 2.75) is 6.42 Å². The number of rotatable bonds is 7. The summed E-state index contributed by atoms with van der Waals surface area (Å²) in [5.74, 6) is 0. The second-order valence-corrected chi connectivity index (χ2v) is 2.42. The van der Waals surface area contributed by atoms with Gasteiger partial charge in [-0.1, -0.05) is 12.2 Å². The minimum Gasteiger partial charge on any atom is -0.411 e. The number of hydrogen-bond donors (Lipinski definition) is 1. The average Bonchev–Trinajstić information content (AvgIpc) is 2.06. The second-order valence-electron chi connectivity index (χ2n) is 2.42. The van der Waals surface area contributed by atoms with Gasteiger partial charge < -0.3 is 5.21 Å². The van der Waals surface area contributed by atoms with E-state index in [2.05, 4.69) is 23.2 Å². The van der Waals surface area contributed by atoms with Crippen molar-refractivity contribution in [3.8, 4) is 0 Å². The zero-order valence-corrected chi connectivity index (χ0v) is 7.32. The minimum atomic E-state index is 0.748. The van der Waals surface area contributed by atoms with Gasteiger partial charge in [0.25, 0.3) is 0 Å². The van der Waals surface area contributed by atoms with Crippen LogP contribution >= 0.6 is 0 Å². The van der Waals surface area contributed by atoms with Crippen LogP contribution in [0.3, 0.4) is 0 Å². The minimum absolute atomic E-state index is 0.748. The van der Waals surface area contributed by atoms with E-state index in [0.717, 1.165) is 26.1 Å². The van der Waals surface area contributed by atoms with E-state index >= 15 is 0 Å². The summed E-state index contributed by atoms with van der Waals surface area (Å²) < 4.78 is 0. The molecule has 0 heterocycles. The average molecular weight is 168 g/mol. The van der Waals surface area contributed by atoms with Gasteiger partial charge in [-0.3, -0.25) is 4.90 Å². The molecule has 0 saturated heterocycles. The fourth-order valence-electron chi connectivity index (χ4n) is 0.920. The normalized spacial score (nSPS) is 10.8. The summed E-state index contributed by atoms with van der Waals surface area (Å²) in [6.45, 7) is 9.84. The third-order valence-corrected chi connectivity index (χ3v) is 1.43. The maximum atomic E-state index is 8.15. The zero-order valence-electron chi connectivity index (χ0n) is 7.32. The van der Waals surface area contributed by atoms with E-state index in [4.69, 9.17) is 5.21 Å². The topological polar surface area (TPSA) is 35.8 Å². The zero-order chi connectivity index (χ0) is 9.23. The van der Waals surface area contributed by atoms with E-state index < -0.39 is 0 Å². The molecule has 0 aromatic carbocycles. The van der Waals surface area contributed by atoms with Gasteiger partial charge >= 0.3 is 0 Å². The van der Waals surface area contributed by atoms with Crippen molar-refractivity contribution in [1.82, 2.24) is 4.90 Å². The van der Waals surface area contributed by atoms with Crippen molar-refractivity contribution in [3.63, 3.8) is 0 Å². The summed E-state index contributed by atoms with van der Waals surface area (Å²) >= 11 is 0. The first-order valence-corrected chi connectivity index (χ1v) is 3.95. The van der Waals surface area contributed by atoms with Crippen LogP contribution in [0.5, 0.6) is 0 Å². The Balaban J connectivity index is 3.61. The van der Waals surface area contributed by atoms with Crippen LogP contribution in [-0.4, -0.2) is 36.0 Å². The van der Waals surface area contributed by atoms with Crippen molar-refractivity contribution in [3.05, 3.63) is 25.3 Å². The molecule has 0 aliphatic heterocycles. The molecule has 0 aromatic heterocycles. The summed E-state index contributed by atoms with van der Waals surface area (Å²) in [4.78, 5) is 2.15. The quantitative estimate of drug-likeness (QED) is 0.271. The lowest BCUT2D eigenvalue weighted by Crippen LogP contribution is -2.25. The molecule has 3 nitrogen and oxygen atoms in total. The largest absolute Gasteiger partial charge is 0.411 e. The molecule has 68 valence electrons. The van der Waals surface area contributed by atoms with Gasteiger partial charge in [-0.25, -0.2) is 0 Å². The Labute approximate surface area is 73.7 Å². The molecule has 0 aromatic rings. The van der Waals surface area contributed by atoms with E-state index in [1.807, 2.05) is 12.2 Å². The summed E-state index contributed by atoms with van der Waals surface area (Å²) in [5, 5.41) is 11.1. The molecule has 0 unspecified atom stereocenters. The molecule has 0 fully saturated rings. The van der Waals surface area contributed by atoms with Gasteiger partial charge in [0.1, 0.15) is 0 Å². The van der Waals surface area contributed by atoms with Crippen molar-refractivity contribution >= 4 is 6.21 Å². The lowest BCUT2D eigenvalue weighted by molar-refractivity contribution is 0.315. The Morgan fingerprint density at radius 3 is 2.25 bits per heavy atom. The van der Waals surface area contributed by atoms with Crippen LogP contribution in [0.4, 0.5) is 0 Å². The third kappa shape index (κ3) is 5.68. The lowest BCUT2D eigenvalue weighted by atomic mass is 10.3. The molecular formula is C9H16N2O. The van der Waals surface area contributed by atoms with Crippen LogP contribution in [0.15, 0.2) is 30.5 Å². The Bertz CT molecular complexity index is 145. The Kier molecular flexibility index (Phi) is 7.28. The second kappa shape index (κ2) is 8.01. The molecule has 3 heteroatoms. The monoisotopic (exact) mass is 168 g/mol. The fourth-order valence-corrected chi connectivity index (χ4v) is 0.920. The molecular weight excluding hydrogens is 152 g/mol. The highest BCUT2D eigenvalue weighted by atomic mass is 16.4. The van der Waals surface area contributed by atoms with E-state index in [9.17, 15) is 0 Å². The van der Waals surface area contributed by atoms with Crippen LogP contribution in [0.25, 0.3) is 0 Å². The summed E-state index contributed by atoms with van der Waals surface area (Å²) in [6, 6.07) is 0. The Morgan fingerprint density at radius 2 is 1.83 bits per heavy atom. The Hall–Kier alpha value is -1.09. The lowest BCUT2D eigenvalue weighted by Gasteiger charge is -2.16. The molecule has 0 amide bonds. The van der Waals surface area contributed by atoms with E-state index in [1.54, 1.807) is 0 Å². The molecule has 0 rings (SSSR count). The van der Waals surface area contributed by atoms with Crippen LogP contribution < -0.4 is 0 Å². The van der Waals surface area contributed by atoms with Gasteiger partial charge in [-0.2, -0.15) is 0 Å². The first kappa shape index (κ1) is 10.9. The van der Waals surface area contributed by atoms with Crippen molar-refractivity contribution in [2.75, 3.05) is 19.6 Å². The number of nitrogens with zero attached hydrogens (tertiary/aromatic N) is 2. The SMILES string of the molecule is C=CCN(CC=C)CCC=NO. The van der Waals surface area contributed by atoms with Crippen molar-refractivity contribution in [1.29, 1.82) is 0 Å². The molecule has 0 spiro atoms. The summed E-state index contributed by atoms with van der Waals surface area (Å²) in [7, 11) is 0. The molecule has 0 atom stereocenters. The highest BCUT2D eigenvalue weighted by Crippen LogP contribution is 1.90. The first-order chi connectivity index (χ1) is 5.85. The highest BCUT2D eigenvalue weighted by molar-refractivity contribution is 5.56. The molecule has 0 bridgehead atoms. The predicted molar refractivity (Wildman–Crippen MR) is 51.7 cm³/mol. The smallest absolute Gasteiger partial charge is 0.0448 e. The third-order valence-electron chi connectivity index (χ3n) is 1.43. The van der Waals surface area contributed by atoms with Gasteiger partial charge in [-0.05, 0) is 6.42 Å². The highest BCUT2D eigenvalue weighted by Gasteiger charge is 1.97. The molecule has 1 N–H and O–H groups in total. The van der Waals surface area contributed by atoms with Crippen LogP contribution in [0, 0.1) is 0 Å². The van der Waals surface area contributed by atoms with Gasteiger partial charge in [0.05, 0.1) is 0 Å². The molecule has 0 aliphatic carbocycles. The van der Waals surface area contributed by atoms with Gasteiger partial charge in [0.15, 0.2) is 0 Å². The van der Waals surface area contributed by atoms with Crippen molar-refractivity contribution in [2.24, 2.45) is 5.16 Å². The Morgan fingerprint density at radius 1 is 1.25 bits per heavy atom. The van der Waals surface area contributed by atoms with Gasteiger partial charge in [0, 0.05) is 25.8 Å². The number of oxime groups is 1. The van der Waals surface area contributed by atoms with E-state index in [0.29, 0.717) is 0 Å². The van der Waals surface area contributed by atoms with E-state index in [-0.39, 0.29) is 0 Å². The van der Waals surface area contributed by atoms with Crippen LogP contribution in [-0.2, 0) is 0 Å². The number of hydrogen-bond acceptors (Lipinski definition) is 3. The molecule has 12 heavy (non-hydrogen) atoms. The van der Waals surface area contributed by atoms with E-state index in [1.165, 1.54) is 6.21 Å². The summed E-state index contributed by atoms with van der Waals surface area (Å²) in [6.07, 6.45) is 5.93. The van der Waals surface area contributed by atoms with Gasteiger partial charge in [-0.15, -0.1) is 18.3 Å². The fraction of sp³-hybridized carbons (Fsp3) is 0.444. The predicted octanol–water partition coefficient (Wildman–Crippen LogP) is 1.51. The molecule has 0 saturated carbocycles. The van der Waals surface area contributed by atoms with Crippen molar-refractivity contribution < 1.29 is 5.21 Å². The summed E-state index contributed by atoms with van der Waals surface area (Å²) in [5.41, 5.74) is 0. The maximum absolute atomic E-state index is 8.15. The molecule has 0 radical (unpaired) electrons. The molecule has 0 aliphatic rings.